The van der Waals surface area contributed by atoms with Gasteiger partial charge in [-0.05, 0) is 12.1 Å². The molecule has 9 heteroatoms. The maximum atomic E-state index is 14.0. The standard InChI is InChI=1S/C19H17F2N3O3S/c20-14-6-7-16(15(21)12-14)28(26,27)24-10-8-19(9-11-24)22-17(18(25)23-19)13-4-2-1-3-5-13/h1-7,12H,8-11H2,(H,23,25). The van der Waals surface area contributed by atoms with Gasteiger partial charge in [-0.3, -0.25) is 9.79 Å². The van der Waals surface area contributed by atoms with E-state index < -0.39 is 32.2 Å². The topological polar surface area (TPSA) is 78.8 Å². The highest BCUT2D eigenvalue weighted by Crippen LogP contribution is 2.32. The summed E-state index contributed by atoms with van der Waals surface area (Å²) in [6, 6.07) is 11.4. The van der Waals surface area contributed by atoms with Crippen LogP contribution in [0.3, 0.4) is 0 Å². The summed E-state index contributed by atoms with van der Waals surface area (Å²) in [4.78, 5) is 16.4. The monoisotopic (exact) mass is 405 g/mol. The lowest BCUT2D eigenvalue weighted by Gasteiger charge is -2.36. The molecule has 2 aliphatic heterocycles. The lowest BCUT2D eigenvalue weighted by atomic mass is 10.00. The molecule has 2 aromatic carbocycles. The van der Waals surface area contributed by atoms with Crippen molar-refractivity contribution >= 4 is 21.6 Å². The second-order valence-electron chi connectivity index (χ2n) is 6.79. The van der Waals surface area contributed by atoms with Crippen LogP contribution >= 0.6 is 0 Å². The number of carbonyl (C=O) groups is 1. The summed E-state index contributed by atoms with van der Waals surface area (Å²) in [7, 11) is -4.10. The van der Waals surface area contributed by atoms with E-state index >= 15 is 0 Å². The number of aliphatic imine (C=N–C) groups is 1. The van der Waals surface area contributed by atoms with Crippen molar-refractivity contribution in [3.8, 4) is 0 Å². The van der Waals surface area contributed by atoms with Crippen LogP contribution in [0.2, 0.25) is 0 Å². The van der Waals surface area contributed by atoms with Gasteiger partial charge in [0.25, 0.3) is 5.91 Å². The molecule has 1 saturated heterocycles. The fraction of sp³-hybridized carbons (Fsp3) is 0.263. The number of hydrogen-bond donors (Lipinski definition) is 1. The molecule has 0 radical (unpaired) electrons. The minimum Gasteiger partial charge on any atom is -0.326 e. The van der Waals surface area contributed by atoms with Crippen LogP contribution in [0.5, 0.6) is 0 Å². The van der Waals surface area contributed by atoms with Crippen molar-refractivity contribution < 1.29 is 22.0 Å². The van der Waals surface area contributed by atoms with Crippen LogP contribution in [0.25, 0.3) is 0 Å². The minimum atomic E-state index is -4.10. The average Bonchev–Trinajstić information content (AvgIpc) is 2.98. The zero-order valence-corrected chi connectivity index (χ0v) is 15.5. The first-order valence-electron chi connectivity index (χ1n) is 8.74. The highest BCUT2D eigenvalue weighted by molar-refractivity contribution is 7.89. The van der Waals surface area contributed by atoms with E-state index in [0.717, 1.165) is 16.4 Å². The largest absolute Gasteiger partial charge is 0.326 e. The number of carbonyl (C=O) groups excluding carboxylic acids is 1. The number of halogens is 2. The van der Waals surface area contributed by atoms with Crippen molar-refractivity contribution in [1.29, 1.82) is 0 Å². The molecule has 0 saturated carbocycles. The lowest BCUT2D eigenvalue weighted by Crippen LogP contribution is -2.52. The number of rotatable bonds is 3. The molecule has 1 amide bonds. The second-order valence-corrected chi connectivity index (χ2v) is 8.70. The van der Waals surface area contributed by atoms with Gasteiger partial charge in [0.15, 0.2) is 0 Å². The molecule has 1 spiro atoms. The van der Waals surface area contributed by atoms with Crippen molar-refractivity contribution in [2.45, 2.75) is 23.4 Å². The Labute approximate surface area is 160 Å². The summed E-state index contributed by atoms with van der Waals surface area (Å²) in [5.74, 6) is -2.27. The number of nitrogens with one attached hydrogen (secondary N) is 1. The molecule has 2 aliphatic rings. The number of benzene rings is 2. The van der Waals surface area contributed by atoms with Crippen molar-refractivity contribution in [1.82, 2.24) is 9.62 Å². The third-order valence-electron chi connectivity index (χ3n) is 5.00. The smallest absolute Gasteiger partial charge is 0.272 e. The predicted molar refractivity (Wildman–Crippen MR) is 98.2 cm³/mol. The van der Waals surface area contributed by atoms with Gasteiger partial charge < -0.3 is 5.32 Å². The first-order chi connectivity index (χ1) is 13.3. The fourth-order valence-corrected chi connectivity index (χ4v) is 5.00. The Morgan fingerprint density at radius 3 is 2.36 bits per heavy atom. The summed E-state index contributed by atoms with van der Waals surface area (Å²) in [5, 5.41) is 2.86. The number of sulfonamides is 1. The molecular formula is C19H17F2N3O3S. The van der Waals surface area contributed by atoms with Crippen molar-refractivity contribution in [2.24, 2.45) is 4.99 Å². The summed E-state index contributed by atoms with van der Waals surface area (Å²) < 4.78 is 53.6. The molecule has 28 heavy (non-hydrogen) atoms. The van der Waals surface area contributed by atoms with Gasteiger partial charge in [-0.2, -0.15) is 4.31 Å². The molecule has 146 valence electrons. The van der Waals surface area contributed by atoms with Gasteiger partial charge >= 0.3 is 0 Å². The minimum absolute atomic E-state index is 0.0605. The van der Waals surface area contributed by atoms with Gasteiger partial charge in [-0.1, -0.05) is 30.3 Å². The molecule has 0 atom stereocenters. The van der Waals surface area contributed by atoms with Crippen LogP contribution in [-0.4, -0.2) is 43.1 Å². The molecule has 4 rings (SSSR count). The Kier molecular flexibility index (Phi) is 4.51. The van der Waals surface area contributed by atoms with E-state index in [1.165, 1.54) is 0 Å². The van der Waals surface area contributed by atoms with Gasteiger partial charge in [0.2, 0.25) is 10.0 Å². The molecule has 2 aromatic rings. The highest BCUT2D eigenvalue weighted by Gasteiger charge is 2.44. The van der Waals surface area contributed by atoms with E-state index in [-0.39, 0.29) is 31.8 Å². The quantitative estimate of drug-likeness (QED) is 0.849. The van der Waals surface area contributed by atoms with Gasteiger partial charge in [-0.15, -0.1) is 0 Å². The molecule has 0 unspecified atom stereocenters. The molecule has 0 aromatic heterocycles. The third-order valence-corrected chi connectivity index (χ3v) is 6.93. The van der Waals surface area contributed by atoms with E-state index in [9.17, 15) is 22.0 Å². The predicted octanol–water partition coefficient (Wildman–Crippen LogP) is 2.06. The Balaban J connectivity index is 1.55. The molecule has 0 bridgehead atoms. The molecule has 1 N–H and O–H groups in total. The average molecular weight is 405 g/mol. The van der Waals surface area contributed by atoms with E-state index in [1.807, 2.05) is 18.2 Å². The van der Waals surface area contributed by atoms with Crippen molar-refractivity contribution in [3.05, 3.63) is 65.7 Å². The Bertz CT molecular complexity index is 1060. The van der Waals surface area contributed by atoms with E-state index in [4.69, 9.17) is 0 Å². The number of amides is 1. The van der Waals surface area contributed by atoms with Crippen LogP contribution in [0.1, 0.15) is 18.4 Å². The van der Waals surface area contributed by atoms with E-state index in [1.54, 1.807) is 12.1 Å². The number of nitrogens with zero attached hydrogens (tertiary/aromatic N) is 2. The van der Waals surface area contributed by atoms with Crippen LogP contribution in [0, 0.1) is 11.6 Å². The number of piperidine rings is 1. The maximum absolute atomic E-state index is 14.0. The fourth-order valence-electron chi connectivity index (χ4n) is 3.51. The van der Waals surface area contributed by atoms with Crippen LogP contribution in [-0.2, 0) is 14.8 Å². The first-order valence-corrected chi connectivity index (χ1v) is 10.2. The first kappa shape index (κ1) is 18.7. The summed E-state index contributed by atoms with van der Waals surface area (Å²) in [5.41, 5.74) is 0.150. The van der Waals surface area contributed by atoms with Gasteiger partial charge in [0.1, 0.15) is 27.9 Å². The van der Waals surface area contributed by atoms with Crippen molar-refractivity contribution in [3.63, 3.8) is 0 Å². The zero-order valence-electron chi connectivity index (χ0n) is 14.7. The van der Waals surface area contributed by atoms with Gasteiger partial charge in [-0.25, -0.2) is 17.2 Å². The lowest BCUT2D eigenvalue weighted by molar-refractivity contribution is -0.115. The molecule has 2 heterocycles. The van der Waals surface area contributed by atoms with E-state index in [0.29, 0.717) is 17.3 Å². The Morgan fingerprint density at radius 2 is 1.71 bits per heavy atom. The van der Waals surface area contributed by atoms with E-state index in [2.05, 4.69) is 10.3 Å². The number of hydrogen-bond acceptors (Lipinski definition) is 4. The molecule has 0 aliphatic carbocycles. The summed E-state index contributed by atoms with van der Waals surface area (Å²) >= 11 is 0. The highest BCUT2D eigenvalue weighted by atomic mass is 32.2. The molecule has 6 nitrogen and oxygen atoms in total. The Morgan fingerprint density at radius 1 is 1.04 bits per heavy atom. The normalized spacial score (nSPS) is 19.5. The van der Waals surface area contributed by atoms with Crippen molar-refractivity contribution in [2.75, 3.05) is 13.1 Å². The Hall–Kier alpha value is -2.65. The second kappa shape index (κ2) is 6.75. The third kappa shape index (κ3) is 3.20. The zero-order chi connectivity index (χ0) is 19.9. The molecule has 1 fully saturated rings. The SMILES string of the molecule is O=C1NC2(CCN(S(=O)(=O)c3ccc(F)cc3F)CC2)N=C1c1ccccc1. The summed E-state index contributed by atoms with van der Waals surface area (Å²) in [6.45, 7) is 0.121. The van der Waals surface area contributed by atoms with Gasteiger partial charge in [0, 0.05) is 37.6 Å². The van der Waals surface area contributed by atoms with Crippen LogP contribution in [0.4, 0.5) is 8.78 Å². The molecular weight excluding hydrogens is 388 g/mol. The van der Waals surface area contributed by atoms with Gasteiger partial charge in [0.05, 0.1) is 0 Å². The van der Waals surface area contributed by atoms with Crippen LogP contribution in [0.15, 0.2) is 58.4 Å². The van der Waals surface area contributed by atoms with Crippen LogP contribution < -0.4 is 5.32 Å². The maximum Gasteiger partial charge on any atom is 0.272 e. The summed E-state index contributed by atoms with van der Waals surface area (Å²) in [6.07, 6.45) is 0.522.